The van der Waals surface area contributed by atoms with Crippen LogP contribution in [0.3, 0.4) is 0 Å². The first-order valence-electron chi connectivity index (χ1n) is 10.7. The minimum Gasteiger partial charge on any atom is -0.494 e. The van der Waals surface area contributed by atoms with E-state index in [0.29, 0.717) is 24.3 Å². The van der Waals surface area contributed by atoms with Crippen molar-refractivity contribution in [2.45, 2.75) is 24.5 Å². The van der Waals surface area contributed by atoms with Gasteiger partial charge in [-0.25, -0.2) is 9.79 Å². The second kappa shape index (κ2) is 10.2. The van der Waals surface area contributed by atoms with Crippen LogP contribution in [-0.4, -0.2) is 40.8 Å². The number of aliphatic imine (C=N–C) groups is 1. The zero-order chi connectivity index (χ0) is 23.3. The number of carbonyl (C=O) groups is 1. The summed E-state index contributed by atoms with van der Waals surface area (Å²) in [4.78, 5) is 17.4. The summed E-state index contributed by atoms with van der Waals surface area (Å²) < 4.78 is 12.7. The first-order chi connectivity index (χ1) is 16.0. The number of hydrogen-bond acceptors (Lipinski definition) is 5. The predicted molar refractivity (Wildman–Crippen MR) is 129 cm³/mol. The Morgan fingerprint density at radius 1 is 1.03 bits per heavy atom. The Morgan fingerprint density at radius 3 is 2.36 bits per heavy atom. The molecule has 0 fully saturated rings. The van der Waals surface area contributed by atoms with Crippen LogP contribution in [0.5, 0.6) is 5.75 Å². The fourth-order valence-corrected chi connectivity index (χ4v) is 4.08. The van der Waals surface area contributed by atoms with Crippen LogP contribution in [0.15, 0.2) is 88.3 Å². The molecular weight excluding hydrogens is 486 g/mol. The van der Waals surface area contributed by atoms with Gasteiger partial charge < -0.3 is 19.7 Å². The Kier molecular flexibility index (Phi) is 7.11. The first-order valence-corrected chi connectivity index (χ1v) is 11.4. The van der Waals surface area contributed by atoms with Gasteiger partial charge in [0.05, 0.1) is 6.61 Å². The van der Waals surface area contributed by atoms with E-state index in [1.165, 1.54) is 0 Å². The number of hydrogen-bond donors (Lipinski definition) is 2. The molecule has 0 bridgehead atoms. The predicted octanol–water partition coefficient (Wildman–Crippen LogP) is 4.79. The maximum atomic E-state index is 12.7. The molecule has 0 amide bonds. The smallest absolute Gasteiger partial charge is 0.336 e. The number of carboxylic acid groups (broad SMARTS) is 1. The van der Waals surface area contributed by atoms with Crippen molar-refractivity contribution in [3.63, 3.8) is 0 Å². The summed E-state index contributed by atoms with van der Waals surface area (Å²) in [6.07, 6.45) is -0.0539. The Labute approximate surface area is 200 Å². The highest BCUT2D eigenvalue weighted by atomic mass is 79.9. The van der Waals surface area contributed by atoms with Gasteiger partial charge in [0.2, 0.25) is 11.4 Å². The molecule has 0 aromatic heterocycles. The molecule has 3 aromatic rings. The van der Waals surface area contributed by atoms with E-state index in [1.54, 1.807) is 24.3 Å². The van der Waals surface area contributed by atoms with E-state index in [2.05, 4.69) is 20.9 Å². The highest BCUT2D eigenvalue weighted by molar-refractivity contribution is 9.10. The molecule has 6 nitrogen and oxygen atoms in total. The van der Waals surface area contributed by atoms with Crippen LogP contribution in [-0.2, 0) is 16.0 Å². The Hall–Kier alpha value is -3.16. The van der Waals surface area contributed by atoms with Gasteiger partial charge in [0.1, 0.15) is 5.75 Å². The average molecular weight is 510 g/mol. The van der Waals surface area contributed by atoms with E-state index >= 15 is 0 Å². The maximum absolute atomic E-state index is 12.7. The summed E-state index contributed by atoms with van der Waals surface area (Å²) in [5.41, 5.74) is 0.756. The van der Waals surface area contributed by atoms with Crippen molar-refractivity contribution in [1.29, 1.82) is 0 Å². The Morgan fingerprint density at radius 2 is 1.73 bits per heavy atom. The topological polar surface area (TPSA) is 88.4 Å². The highest BCUT2D eigenvalue weighted by Gasteiger charge is 2.53. The molecule has 1 aliphatic heterocycles. The molecular formula is C26H24BrNO5. The minimum atomic E-state index is -1.51. The van der Waals surface area contributed by atoms with Crippen molar-refractivity contribution >= 4 is 27.8 Å². The van der Waals surface area contributed by atoms with Gasteiger partial charge in [0, 0.05) is 29.5 Å². The lowest BCUT2D eigenvalue weighted by Gasteiger charge is -2.28. The molecule has 0 saturated carbocycles. The Bertz CT molecular complexity index is 1120. The van der Waals surface area contributed by atoms with Gasteiger partial charge in [-0.1, -0.05) is 58.4 Å². The Balaban J connectivity index is 1.71. The summed E-state index contributed by atoms with van der Waals surface area (Å²) in [6.45, 7) is 0.483. The largest absolute Gasteiger partial charge is 0.494 e. The second-order valence-corrected chi connectivity index (χ2v) is 8.72. The van der Waals surface area contributed by atoms with Crippen LogP contribution >= 0.6 is 15.9 Å². The summed E-state index contributed by atoms with van der Waals surface area (Å²) >= 11 is 3.43. The molecule has 0 radical (unpaired) electrons. The average Bonchev–Trinajstić information content (AvgIpc) is 3.21. The second-order valence-electron chi connectivity index (χ2n) is 7.81. The molecule has 3 aromatic carbocycles. The third kappa shape index (κ3) is 5.10. The van der Waals surface area contributed by atoms with E-state index in [0.717, 1.165) is 15.6 Å². The molecule has 0 aliphatic carbocycles. The number of rotatable bonds is 9. The number of halogens is 1. The van der Waals surface area contributed by atoms with Crippen molar-refractivity contribution < 1.29 is 24.5 Å². The van der Waals surface area contributed by atoms with Gasteiger partial charge in [-0.2, -0.15) is 0 Å². The van der Waals surface area contributed by atoms with E-state index in [4.69, 9.17) is 14.6 Å². The third-order valence-electron chi connectivity index (χ3n) is 5.50. The van der Waals surface area contributed by atoms with Gasteiger partial charge in [0.15, 0.2) is 6.10 Å². The number of aliphatic carboxylic acids is 1. The highest BCUT2D eigenvalue weighted by Crippen LogP contribution is 2.42. The molecule has 7 heteroatoms. The molecule has 1 heterocycles. The first kappa shape index (κ1) is 23.0. The number of benzene rings is 3. The fourth-order valence-electron chi connectivity index (χ4n) is 3.81. The molecule has 0 saturated heterocycles. The summed E-state index contributed by atoms with van der Waals surface area (Å²) in [5, 5.41) is 19.3. The monoisotopic (exact) mass is 509 g/mol. The minimum absolute atomic E-state index is 0.0683. The van der Waals surface area contributed by atoms with Gasteiger partial charge >= 0.3 is 5.97 Å². The van der Waals surface area contributed by atoms with Crippen LogP contribution in [0.1, 0.15) is 29.2 Å². The van der Waals surface area contributed by atoms with Gasteiger partial charge in [-0.3, -0.25) is 0 Å². The van der Waals surface area contributed by atoms with Gasteiger partial charge in [-0.05, 0) is 47.5 Å². The fraction of sp³-hybridized carbons (Fsp3) is 0.231. The van der Waals surface area contributed by atoms with E-state index in [9.17, 15) is 9.90 Å². The van der Waals surface area contributed by atoms with Crippen LogP contribution in [0.25, 0.3) is 0 Å². The number of ether oxygens (including phenoxy) is 2. The third-order valence-corrected chi connectivity index (χ3v) is 6.02. The van der Waals surface area contributed by atoms with Crippen LogP contribution in [0.4, 0.5) is 0 Å². The van der Waals surface area contributed by atoms with Crippen LogP contribution in [0, 0.1) is 0 Å². The molecule has 0 spiro atoms. The van der Waals surface area contributed by atoms with Crippen LogP contribution in [0.2, 0.25) is 0 Å². The van der Waals surface area contributed by atoms with Crippen molar-refractivity contribution in [1.82, 2.24) is 0 Å². The quantitative estimate of drug-likeness (QED) is 0.404. The lowest BCUT2D eigenvalue weighted by molar-refractivity contribution is -0.146. The zero-order valence-electron chi connectivity index (χ0n) is 17.9. The van der Waals surface area contributed by atoms with Gasteiger partial charge in [0.25, 0.3) is 0 Å². The number of aliphatic hydroxyl groups excluding tert-OH is 1. The maximum Gasteiger partial charge on any atom is 0.336 e. The normalized spacial score (nSPS) is 19.6. The van der Waals surface area contributed by atoms with Crippen molar-refractivity contribution in [2.75, 3.05) is 13.2 Å². The molecule has 1 aliphatic rings. The lowest BCUT2D eigenvalue weighted by atomic mass is 9.83. The summed E-state index contributed by atoms with van der Waals surface area (Å²) in [6, 6.07) is 24.1. The number of nitrogens with zero attached hydrogens (tertiary/aromatic N) is 1. The lowest BCUT2D eigenvalue weighted by Crippen LogP contribution is -2.43. The molecule has 2 N–H and O–H groups in total. The number of carboxylic acids is 1. The molecule has 33 heavy (non-hydrogen) atoms. The van der Waals surface area contributed by atoms with E-state index in [1.807, 2.05) is 54.6 Å². The molecule has 2 atom stereocenters. The zero-order valence-corrected chi connectivity index (χ0v) is 19.4. The molecule has 4 rings (SSSR count). The molecule has 0 unspecified atom stereocenters. The van der Waals surface area contributed by atoms with Crippen molar-refractivity contribution in [2.24, 2.45) is 4.99 Å². The van der Waals surface area contributed by atoms with E-state index < -0.39 is 17.6 Å². The van der Waals surface area contributed by atoms with Crippen LogP contribution < -0.4 is 4.74 Å². The standard InChI is InChI=1S/C26H24BrNO5/c27-21-11-7-19(8-12-21)23-26(25(30)31,17-18-5-2-1-3-6-18)28-24(33-23)20-9-13-22(14-10-20)32-16-4-15-29/h1-3,5-14,23,29H,4,15-17H2,(H,30,31)/t23-,26-/m1/s1. The van der Waals surface area contributed by atoms with E-state index in [-0.39, 0.29) is 18.9 Å². The SMILES string of the molecule is O=C(O)[C@]1(Cc2ccccc2)N=C(c2ccc(OCCCO)cc2)O[C@@H]1c1ccc(Br)cc1. The molecule has 170 valence electrons. The summed E-state index contributed by atoms with van der Waals surface area (Å²) in [7, 11) is 0. The number of aliphatic hydroxyl groups is 1. The summed E-state index contributed by atoms with van der Waals surface area (Å²) in [5.74, 6) is -0.106. The van der Waals surface area contributed by atoms with Crippen molar-refractivity contribution in [3.8, 4) is 5.75 Å². The van der Waals surface area contributed by atoms with Crippen molar-refractivity contribution in [3.05, 3.63) is 100 Å². The van der Waals surface area contributed by atoms with Gasteiger partial charge in [-0.15, -0.1) is 0 Å².